The molecule has 0 amide bonds. The van der Waals surface area contributed by atoms with Crippen LogP contribution in [-0.2, 0) is 6.42 Å². The Balaban J connectivity index is 0.000000136. The summed E-state index contributed by atoms with van der Waals surface area (Å²) in [7, 11) is 0. The van der Waals surface area contributed by atoms with Crippen LogP contribution in [0.5, 0.6) is 5.75 Å². The van der Waals surface area contributed by atoms with Gasteiger partial charge < -0.3 is 5.11 Å². The molecule has 1 N–H and O–H groups in total. The normalized spacial score (nSPS) is 10.9. The van der Waals surface area contributed by atoms with Crippen LogP contribution in [0.4, 0.5) is 0 Å². The maximum Gasteiger partial charge on any atom is 0.115 e. The molecule has 1 nitrogen and oxygen atoms in total. The van der Waals surface area contributed by atoms with Crippen LogP contribution in [0.25, 0.3) is 12.2 Å². The van der Waals surface area contributed by atoms with Crippen LogP contribution in [-0.4, -0.2) is 5.11 Å². The number of phenols is 1. The highest BCUT2D eigenvalue weighted by Crippen LogP contribution is 2.16. The molecular formula is C17H18O. The maximum absolute atomic E-state index is 8.92. The Kier molecular flexibility index (Phi) is 4.19. The van der Waals surface area contributed by atoms with Crippen molar-refractivity contribution in [3.63, 3.8) is 0 Å². The van der Waals surface area contributed by atoms with Gasteiger partial charge in [0.05, 0.1) is 0 Å². The van der Waals surface area contributed by atoms with Crippen molar-refractivity contribution in [1.29, 1.82) is 0 Å². The van der Waals surface area contributed by atoms with E-state index in [0.29, 0.717) is 5.75 Å². The van der Waals surface area contributed by atoms with Crippen LogP contribution in [0.1, 0.15) is 30.0 Å². The molecule has 2 aromatic carbocycles. The molecule has 2 bridgehead atoms. The van der Waals surface area contributed by atoms with E-state index in [1.807, 2.05) is 12.1 Å². The van der Waals surface area contributed by atoms with Gasteiger partial charge in [0.2, 0.25) is 0 Å². The van der Waals surface area contributed by atoms with E-state index in [0.717, 1.165) is 12.8 Å². The molecule has 0 atom stereocenters. The molecule has 0 saturated heterocycles. The summed E-state index contributed by atoms with van der Waals surface area (Å²) in [6.07, 6.45) is 6.50. The Bertz CT molecular complexity index is 502. The van der Waals surface area contributed by atoms with Gasteiger partial charge >= 0.3 is 0 Å². The van der Waals surface area contributed by atoms with E-state index in [-0.39, 0.29) is 0 Å². The van der Waals surface area contributed by atoms with Crippen molar-refractivity contribution in [1.82, 2.24) is 0 Å². The summed E-state index contributed by atoms with van der Waals surface area (Å²) in [6, 6.07) is 15.8. The van der Waals surface area contributed by atoms with Gasteiger partial charge in [-0.1, -0.05) is 55.8 Å². The van der Waals surface area contributed by atoms with Crippen LogP contribution in [0.3, 0.4) is 0 Å². The molecule has 0 saturated carbocycles. The molecule has 2 aromatic rings. The minimum atomic E-state index is 0.347. The molecule has 92 valence electrons. The minimum Gasteiger partial charge on any atom is -0.508 e. The number of hydrogen-bond acceptors (Lipinski definition) is 1. The van der Waals surface area contributed by atoms with E-state index >= 15 is 0 Å². The zero-order chi connectivity index (χ0) is 12.8. The summed E-state index contributed by atoms with van der Waals surface area (Å²) in [6.45, 7) is 2.15. The Morgan fingerprint density at radius 3 is 2.00 bits per heavy atom. The summed E-state index contributed by atoms with van der Waals surface area (Å²) >= 11 is 0. The van der Waals surface area contributed by atoms with Gasteiger partial charge in [0.25, 0.3) is 0 Å². The van der Waals surface area contributed by atoms with Crippen molar-refractivity contribution in [3.05, 3.63) is 65.2 Å². The van der Waals surface area contributed by atoms with Crippen molar-refractivity contribution < 1.29 is 5.11 Å². The Morgan fingerprint density at radius 2 is 1.50 bits per heavy atom. The summed E-state index contributed by atoms with van der Waals surface area (Å²) < 4.78 is 0. The van der Waals surface area contributed by atoms with Gasteiger partial charge in [-0.2, -0.15) is 0 Å². The number of phenolic OH excluding ortho intramolecular Hbond substituents is 1. The smallest absolute Gasteiger partial charge is 0.115 e. The van der Waals surface area contributed by atoms with Crippen LogP contribution in [0, 0.1) is 0 Å². The van der Waals surface area contributed by atoms with Gasteiger partial charge in [0.1, 0.15) is 5.75 Å². The van der Waals surface area contributed by atoms with Crippen molar-refractivity contribution in [2.45, 2.75) is 19.8 Å². The van der Waals surface area contributed by atoms with Crippen molar-refractivity contribution in [2.75, 3.05) is 0 Å². The second-order valence-electron chi connectivity index (χ2n) is 4.42. The number of fused-ring (bicyclic) bond motifs is 2. The van der Waals surface area contributed by atoms with E-state index in [1.165, 1.54) is 16.7 Å². The summed E-state index contributed by atoms with van der Waals surface area (Å²) in [5.41, 5.74) is 3.94. The van der Waals surface area contributed by atoms with Crippen LogP contribution in [0.2, 0.25) is 0 Å². The van der Waals surface area contributed by atoms with Crippen molar-refractivity contribution in [2.24, 2.45) is 0 Å². The lowest BCUT2D eigenvalue weighted by Gasteiger charge is -1.96. The van der Waals surface area contributed by atoms with Crippen molar-refractivity contribution >= 4 is 12.2 Å². The zero-order valence-electron chi connectivity index (χ0n) is 10.6. The Labute approximate surface area is 108 Å². The van der Waals surface area contributed by atoms with Crippen LogP contribution < -0.4 is 0 Å². The Hall–Kier alpha value is -2.02. The molecule has 0 fully saturated rings. The second-order valence-corrected chi connectivity index (χ2v) is 4.42. The molecule has 0 aliphatic heterocycles. The monoisotopic (exact) mass is 238 g/mol. The number of rotatable bonds is 2. The molecule has 3 rings (SSSR count). The third-order valence-electron chi connectivity index (χ3n) is 2.85. The standard InChI is InChI=1S/C9H12O.C8H6/c1-2-3-8-4-6-9(10)7-5-8;1-2-7-4-5-8(3-1)6-7/h4-7,10H,2-3H2,1H3;1-6H. The first-order valence-corrected chi connectivity index (χ1v) is 6.34. The SMILES string of the molecule is C1=Cc2cccc1c2.CCCc1ccc(O)cc1. The first kappa shape index (κ1) is 12.4. The number of hydrogen-bond donors (Lipinski definition) is 1. The van der Waals surface area contributed by atoms with E-state index in [1.54, 1.807) is 12.1 Å². The van der Waals surface area contributed by atoms with E-state index < -0.39 is 0 Å². The van der Waals surface area contributed by atoms with E-state index in [4.69, 9.17) is 5.11 Å². The van der Waals surface area contributed by atoms with Crippen molar-refractivity contribution in [3.8, 4) is 5.75 Å². The number of benzene rings is 2. The van der Waals surface area contributed by atoms with E-state index in [9.17, 15) is 0 Å². The predicted molar refractivity (Wildman–Crippen MR) is 77.5 cm³/mol. The largest absolute Gasteiger partial charge is 0.508 e. The molecule has 18 heavy (non-hydrogen) atoms. The van der Waals surface area contributed by atoms with Gasteiger partial charge in [-0.15, -0.1) is 0 Å². The highest BCUT2D eigenvalue weighted by atomic mass is 16.3. The molecule has 0 radical (unpaired) electrons. The van der Waals surface area contributed by atoms with E-state index in [2.05, 4.69) is 43.3 Å². The lowest BCUT2D eigenvalue weighted by Crippen LogP contribution is -1.79. The second kappa shape index (κ2) is 6.06. The fourth-order valence-electron chi connectivity index (χ4n) is 1.91. The van der Waals surface area contributed by atoms with Gasteiger partial charge in [0.15, 0.2) is 0 Å². The highest BCUT2D eigenvalue weighted by molar-refractivity contribution is 5.76. The average Bonchev–Trinajstić information content (AvgIpc) is 2.72. The Morgan fingerprint density at radius 1 is 0.889 bits per heavy atom. The third-order valence-corrected chi connectivity index (χ3v) is 2.85. The van der Waals surface area contributed by atoms with Gasteiger partial charge in [0, 0.05) is 0 Å². The van der Waals surface area contributed by atoms with Gasteiger partial charge in [-0.3, -0.25) is 0 Å². The molecular weight excluding hydrogens is 220 g/mol. The molecule has 0 unspecified atom stereocenters. The molecule has 0 heterocycles. The lowest BCUT2D eigenvalue weighted by molar-refractivity contribution is 0.475. The average molecular weight is 238 g/mol. The fourth-order valence-corrected chi connectivity index (χ4v) is 1.91. The fraction of sp³-hybridized carbons (Fsp3) is 0.176. The maximum atomic E-state index is 8.92. The molecule has 1 aliphatic carbocycles. The first-order chi connectivity index (χ1) is 8.78. The minimum absolute atomic E-state index is 0.347. The molecule has 0 spiro atoms. The topological polar surface area (TPSA) is 20.2 Å². The summed E-state index contributed by atoms with van der Waals surface area (Å²) in [5, 5.41) is 8.92. The van der Waals surface area contributed by atoms with Crippen LogP contribution >= 0.6 is 0 Å². The van der Waals surface area contributed by atoms with Crippen LogP contribution in [0.15, 0.2) is 48.5 Å². The predicted octanol–water partition coefficient (Wildman–Crippen LogP) is 4.52. The van der Waals surface area contributed by atoms with Gasteiger partial charge in [-0.25, -0.2) is 0 Å². The van der Waals surface area contributed by atoms with Gasteiger partial charge in [-0.05, 0) is 41.3 Å². The zero-order valence-corrected chi connectivity index (χ0v) is 10.6. The molecule has 0 aromatic heterocycles. The first-order valence-electron chi connectivity index (χ1n) is 6.34. The highest BCUT2D eigenvalue weighted by Gasteiger charge is 1.94. The summed E-state index contributed by atoms with van der Waals surface area (Å²) in [5.74, 6) is 0.347. The third kappa shape index (κ3) is 3.49. The quantitative estimate of drug-likeness (QED) is 0.696. The lowest BCUT2D eigenvalue weighted by atomic mass is 10.1. The molecule has 1 aliphatic rings. The molecule has 1 heteroatoms. The summed E-state index contributed by atoms with van der Waals surface area (Å²) in [4.78, 5) is 0. The number of aromatic hydroxyl groups is 1. The number of aryl methyl sites for hydroxylation is 1.